The van der Waals surface area contributed by atoms with E-state index >= 15 is 0 Å². The van der Waals surface area contributed by atoms with Crippen LogP contribution in [-0.2, 0) is 11.8 Å². The van der Waals surface area contributed by atoms with Gasteiger partial charge in [-0.05, 0) is 80.2 Å². The Morgan fingerprint density at radius 2 is 2.05 bits per heavy atom. The highest BCUT2D eigenvalue weighted by Gasteiger charge is 2.54. The molecule has 1 aromatic rings. The molecule has 3 aliphatic carbocycles. The molecule has 1 heterocycles. The number of phenolic OH excluding ortho intramolecular Hbond substituents is 1. The van der Waals surface area contributed by atoms with Crippen molar-refractivity contribution >= 4 is 0 Å². The smallest absolute Gasteiger partial charge is 0.115 e. The van der Waals surface area contributed by atoms with E-state index in [9.17, 15) is 5.11 Å². The number of piperidine rings is 1. The van der Waals surface area contributed by atoms with E-state index in [0.717, 1.165) is 17.9 Å². The lowest BCUT2D eigenvalue weighted by atomic mass is 9.52. The highest BCUT2D eigenvalue weighted by molar-refractivity contribution is 5.45. The molecule has 0 amide bonds. The van der Waals surface area contributed by atoms with Gasteiger partial charge in [-0.25, -0.2) is 0 Å². The molecule has 4 aliphatic rings. The Hall–Kier alpha value is -1.02. The van der Waals surface area contributed by atoms with Crippen molar-refractivity contribution in [2.24, 2.45) is 11.8 Å². The normalized spacial score (nSPS) is 37.5. The second kappa shape index (κ2) is 4.74. The monoisotopic (exact) mass is 297 g/mol. The van der Waals surface area contributed by atoms with Gasteiger partial charge in [0.05, 0.1) is 0 Å². The fraction of sp³-hybridized carbons (Fsp3) is 0.700. The summed E-state index contributed by atoms with van der Waals surface area (Å²) in [6.07, 6.45) is 11.0. The van der Waals surface area contributed by atoms with E-state index in [1.54, 1.807) is 0 Å². The summed E-state index contributed by atoms with van der Waals surface area (Å²) < 4.78 is 0. The van der Waals surface area contributed by atoms with Crippen LogP contribution in [0.2, 0.25) is 0 Å². The Labute approximate surface area is 133 Å². The van der Waals surface area contributed by atoms with Crippen molar-refractivity contribution in [3.63, 3.8) is 0 Å². The number of benzene rings is 1. The molecule has 1 aliphatic heterocycles. The van der Waals surface area contributed by atoms with Gasteiger partial charge >= 0.3 is 0 Å². The van der Waals surface area contributed by atoms with Crippen molar-refractivity contribution in [3.05, 3.63) is 29.3 Å². The predicted molar refractivity (Wildman–Crippen MR) is 88.1 cm³/mol. The molecule has 3 atom stereocenters. The highest BCUT2D eigenvalue weighted by Crippen LogP contribution is 2.56. The maximum Gasteiger partial charge on any atom is 0.115 e. The summed E-state index contributed by atoms with van der Waals surface area (Å²) in [5.74, 6) is 2.30. The minimum absolute atomic E-state index is 0.384. The van der Waals surface area contributed by atoms with Gasteiger partial charge in [0.2, 0.25) is 0 Å². The lowest BCUT2D eigenvalue weighted by Crippen LogP contribution is -2.61. The molecular weight excluding hydrogens is 270 g/mol. The zero-order valence-electron chi connectivity index (χ0n) is 13.4. The van der Waals surface area contributed by atoms with Gasteiger partial charge < -0.3 is 5.11 Å². The van der Waals surface area contributed by atoms with Crippen molar-refractivity contribution in [2.75, 3.05) is 13.1 Å². The van der Waals surface area contributed by atoms with E-state index in [0.29, 0.717) is 11.2 Å². The summed E-state index contributed by atoms with van der Waals surface area (Å²) in [7, 11) is 0. The average Bonchev–Trinajstić information content (AvgIpc) is 3.35. The molecule has 0 aromatic heterocycles. The van der Waals surface area contributed by atoms with Crippen LogP contribution in [0.5, 0.6) is 5.75 Å². The van der Waals surface area contributed by atoms with Gasteiger partial charge in [-0.1, -0.05) is 18.9 Å². The highest BCUT2D eigenvalue weighted by atomic mass is 16.3. The van der Waals surface area contributed by atoms with Gasteiger partial charge in [0.1, 0.15) is 5.75 Å². The largest absolute Gasteiger partial charge is 0.508 e. The Kier molecular flexibility index (Phi) is 2.89. The van der Waals surface area contributed by atoms with Gasteiger partial charge in [0, 0.05) is 18.0 Å². The molecule has 1 unspecified atom stereocenters. The fourth-order valence-electron chi connectivity index (χ4n) is 5.93. The number of hydrogen-bond acceptors (Lipinski definition) is 2. The zero-order valence-corrected chi connectivity index (χ0v) is 13.4. The van der Waals surface area contributed by atoms with E-state index in [-0.39, 0.29) is 0 Å². The molecule has 22 heavy (non-hydrogen) atoms. The van der Waals surface area contributed by atoms with Crippen LogP contribution in [0.25, 0.3) is 0 Å². The minimum atomic E-state index is 0.384. The van der Waals surface area contributed by atoms with Gasteiger partial charge in [-0.3, -0.25) is 4.90 Å². The van der Waals surface area contributed by atoms with Crippen LogP contribution in [0.3, 0.4) is 0 Å². The molecule has 118 valence electrons. The van der Waals surface area contributed by atoms with E-state index < -0.39 is 0 Å². The Morgan fingerprint density at radius 3 is 2.91 bits per heavy atom. The average molecular weight is 297 g/mol. The third kappa shape index (κ3) is 1.89. The van der Waals surface area contributed by atoms with Crippen molar-refractivity contribution in [1.29, 1.82) is 0 Å². The summed E-state index contributed by atoms with van der Waals surface area (Å²) in [5, 5.41) is 10.0. The number of hydrogen-bond donors (Lipinski definition) is 1. The topological polar surface area (TPSA) is 23.5 Å². The fourth-order valence-corrected chi connectivity index (χ4v) is 5.93. The lowest BCUT2D eigenvalue weighted by Gasteiger charge is -2.59. The first-order valence-corrected chi connectivity index (χ1v) is 9.33. The first-order chi connectivity index (χ1) is 10.8. The Balaban J connectivity index is 1.58. The van der Waals surface area contributed by atoms with Crippen molar-refractivity contribution in [2.45, 2.75) is 62.8 Å². The van der Waals surface area contributed by atoms with E-state index in [2.05, 4.69) is 17.0 Å². The molecule has 2 heteroatoms. The third-order valence-corrected chi connectivity index (χ3v) is 7.12. The van der Waals surface area contributed by atoms with Gasteiger partial charge in [-0.2, -0.15) is 0 Å². The van der Waals surface area contributed by atoms with Gasteiger partial charge in [0.25, 0.3) is 0 Å². The quantitative estimate of drug-likeness (QED) is 0.896. The number of fused-ring (bicyclic) bond motifs is 1. The number of rotatable bonds is 2. The molecule has 2 nitrogen and oxygen atoms in total. The molecule has 1 aromatic carbocycles. The summed E-state index contributed by atoms with van der Waals surface area (Å²) in [5.41, 5.74) is 3.43. The van der Waals surface area contributed by atoms with Crippen LogP contribution in [-0.4, -0.2) is 29.1 Å². The van der Waals surface area contributed by atoms with Crippen molar-refractivity contribution < 1.29 is 5.11 Å². The van der Waals surface area contributed by atoms with Gasteiger partial charge in [-0.15, -0.1) is 0 Å². The standard InChI is InChI=1S/C20H27NO/c22-16-7-6-15-11-19-17-3-1-2-8-20(17,18(15)12-16)9-10-21(19)13-14-4-5-14/h6-7,12,14,17,19,22H,1-5,8-11,13H2/t17?,19-,20-/m0/s1. The lowest BCUT2D eigenvalue weighted by molar-refractivity contribution is -0.0134. The van der Waals surface area contributed by atoms with Crippen molar-refractivity contribution in [1.82, 2.24) is 4.90 Å². The second-order valence-electron chi connectivity index (χ2n) is 8.31. The van der Waals surface area contributed by atoms with Crippen LogP contribution in [0.15, 0.2) is 18.2 Å². The molecule has 1 N–H and O–H groups in total. The number of phenols is 1. The summed E-state index contributed by atoms with van der Waals surface area (Å²) in [6, 6.07) is 7.00. The maximum atomic E-state index is 10.0. The molecular formula is C20H27NO. The van der Waals surface area contributed by atoms with Crippen LogP contribution < -0.4 is 0 Å². The first kappa shape index (κ1) is 13.4. The molecule has 3 fully saturated rings. The summed E-state index contributed by atoms with van der Waals surface area (Å²) >= 11 is 0. The van der Waals surface area contributed by atoms with E-state index in [1.807, 2.05) is 6.07 Å². The third-order valence-electron chi connectivity index (χ3n) is 7.12. The second-order valence-corrected chi connectivity index (χ2v) is 8.31. The molecule has 1 saturated heterocycles. The number of aromatic hydroxyl groups is 1. The zero-order chi connectivity index (χ0) is 14.7. The Bertz CT molecular complexity index is 593. The number of nitrogens with zero attached hydrogens (tertiary/aromatic N) is 1. The van der Waals surface area contributed by atoms with Crippen LogP contribution in [0.1, 0.15) is 56.1 Å². The molecule has 0 radical (unpaired) electrons. The summed E-state index contributed by atoms with van der Waals surface area (Å²) in [4.78, 5) is 2.85. The molecule has 2 bridgehead atoms. The molecule has 2 saturated carbocycles. The Morgan fingerprint density at radius 1 is 1.14 bits per heavy atom. The maximum absolute atomic E-state index is 10.0. The first-order valence-electron chi connectivity index (χ1n) is 9.33. The van der Waals surface area contributed by atoms with Gasteiger partial charge in [0.15, 0.2) is 0 Å². The SMILES string of the molecule is Oc1ccc2c(c1)[C@]13CCCCC1[C@H](C2)N(CC1CC1)CC3. The minimum Gasteiger partial charge on any atom is -0.508 e. The van der Waals surface area contributed by atoms with E-state index in [4.69, 9.17) is 0 Å². The predicted octanol–water partition coefficient (Wildman–Crippen LogP) is 3.86. The summed E-state index contributed by atoms with van der Waals surface area (Å²) in [6.45, 7) is 2.64. The van der Waals surface area contributed by atoms with E-state index in [1.165, 1.54) is 75.6 Å². The van der Waals surface area contributed by atoms with Crippen LogP contribution in [0.4, 0.5) is 0 Å². The van der Waals surface area contributed by atoms with Crippen molar-refractivity contribution in [3.8, 4) is 5.75 Å². The van der Waals surface area contributed by atoms with Crippen LogP contribution in [0, 0.1) is 11.8 Å². The number of likely N-dealkylation sites (tertiary alicyclic amines) is 1. The molecule has 5 rings (SSSR count). The van der Waals surface area contributed by atoms with Crippen LogP contribution >= 0.6 is 0 Å². The molecule has 0 spiro atoms.